The lowest BCUT2D eigenvalue weighted by Crippen LogP contribution is -2.54. The molecule has 0 aromatic heterocycles. The van der Waals surface area contributed by atoms with Crippen LogP contribution in [0.2, 0.25) is 0 Å². The fourth-order valence-electron chi connectivity index (χ4n) is 2.91. The van der Waals surface area contributed by atoms with Crippen molar-refractivity contribution in [3.63, 3.8) is 0 Å². The van der Waals surface area contributed by atoms with Gasteiger partial charge in [0.2, 0.25) is 0 Å². The lowest BCUT2D eigenvalue weighted by molar-refractivity contribution is -0.122. The Morgan fingerprint density at radius 1 is 0.931 bits per heavy atom. The van der Waals surface area contributed by atoms with Crippen LogP contribution in [0.25, 0.3) is 6.08 Å². The number of methoxy groups -OCH3 is 3. The molecule has 0 atom stereocenters. The van der Waals surface area contributed by atoms with Crippen LogP contribution in [0.5, 0.6) is 17.2 Å². The largest absolute Gasteiger partial charge is 0.496 e. The highest BCUT2D eigenvalue weighted by atomic mass is 32.1. The minimum atomic E-state index is -0.583. The first-order valence-corrected chi connectivity index (χ1v) is 9.08. The third kappa shape index (κ3) is 3.93. The summed E-state index contributed by atoms with van der Waals surface area (Å²) in [4.78, 5) is 26.9. The Labute approximate surface area is 173 Å². The second-order valence-corrected chi connectivity index (χ2v) is 6.63. The van der Waals surface area contributed by atoms with Crippen molar-refractivity contribution in [3.05, 3.63) is 53.1 Å². The Morgan fingerprint density at radius 3 is 2.10 bits per heavy atom. The zero-order valence-corrected chi connectivity index (χ0v) is 17.3. The molecule has 1 fully saturated rings. The van der Waals surface area contributed by atoms with Crippen LogP contribution in [-0.4, -0.2) is 38.3 Å². The van der Waals surface area contributed by atoms with Gasteiger partial charge in [0.15, 0.2) is 16.6 Å². The van der Waals surface area contributed by atoms with Crippen LogP contribution in [0.3, 0.4) is 0 Å². The summed E-state index contributed by atoms with van der Waals surface area (Å²) in [7, 11) is 4.49. The van der Waals surface area contributed by atoms with Crippen molar-refractivity contribution in [2.45, 2.75) is 6.92 Å². The van der Waals surface area contributed by atoms with Crippen LogP contribution in [0.15, 0.2) is 42.0 Å². The number of carbonyl (C=O) groups excluding carboxylic acids is 2. The number of nitrogens with one attached hydrogen (secondary N) is 1. The van der Waals surface area contributed by atoms with Gasteiger partial charge in [-0.05, 0) is 43.4 Å². The van der Waals surface area contributed by atoms with Crippen molar-refractivity contribution < 1.29 is 23.8 Å². The summed E-state index contributed by atoms with van der Waals surface area (Å²) in [6.45, 7) is 1.94. The van der Waals surface area contributed by atoms with E-state index in [1.165, 1.54) is 32.3 Å². The number of hydrogen-bond acceptors (Lipinski definition) is 6. The molecule has 0 saturated carbocycles. The molecule has 3 rings (SSSR count). The molecule has 0 aliphatic carbocycles. The number of ether oxygens (including phenoxy) is 3. The van der Waals surface area contributed by atoms with Gasteiger partial charge in [-0.3, -0.25) is 19.8 Å². The fraction of sp³-hybridized carbons (Fsp3) is 0.190. The molecule has 0 bridgehead atoms. The van der Waals surface area contributed by atoms with Crippen molar-refractivity contribution in [2.75, 3.05) is 26.2 Å². The summed E-state index contributed by atoms with van der Waals surface area (Å²) in [5.74, 6) is 0.216. The minimum Gasteiger partial charge on any atom is -0.496 e. The predicted molar refractivity (Wildman–Crippen MR) is 113 cm³/mol. The Balaban J connectivity index is 2.08. The third-order valence-corrected chi connectivity index (χ3v) is 4.71. The van der Waals surface area contributed by atoms with Gasteiger partial charge in [-0.2, -0.15) is 0 Å². The Hall–Kier alpha value is -3.39. The molecular formula is C21H20N2O5S. The van der Waals surface area contributed by atoms with Crippen LogP contribution >= 0.6 is 12.2 Å². The van der Waals surface area contributed by atoms with Gasteiger partial charge in [0.05, 0.1) is 27.0 Å². The number of anilines is 1. The third-order valence-electron chi connectivity index (χ3n) is 4.43. The summed E-state index contributed by atoms with van der Waals surface area (Å²) in [5.41, 5.74) is 2.01. The van der Waals surface area contributed by atoms with Crippen LogP contribution in [0.4, 0.5) is 5.69 Å². The summed E-state index contributed by atoms with van der Waals surface area (Å²) >= 11 is 5.22. The van der Waals surface area contributed by atoms with Crippen LogP contribution in [0, 0.1) is 6.92 Å². The first kappa shape index (κ1) is 20.3. The number of rotatable bonds is 5. The van der Waals surface area contributed by atoms with Crippen LogP contribution < -0.4 is 24.4 Å². The second-order valence-electron chi connectivity index (χ2n) is 6.24. The van der Waals surface area contributed by atoms with Gasteiger partial charge < -0.3 is 14.2 Å². The van der Waals surface area contributed by atoms with Crippen molar-refractivity contribution in [1.29, 1.82) is 0 Å². The fourth-order valence-corrected chi connectivity index (χ4v) is 3.19. The number of amides is 2. The number of aryl methyl sites for hydroxylation is 1. The van der Waals surface area contributed by atoms with Gasteiger partial charge >= 0.3 is 0 Å². The topological polar surface area (TPSA) is 77.1 Å². The molecule has 1 saturated heterocycles. The Morgan fingerprint density at radius 2 is 1.52 bits per heavy atom. The zero-order valence-electron chi connectivity index (χ0n) is 16.4. The van der Waals surface area contributed by atoms with E-state index in [0.717, 1.165) is 5.56 Å². The lowest BCUT2D eigenvalue weighted by Gasteiger charge is -2.29. The summed E-state index contributed by atoms with van der Waals surface area (Å²) in [5, 5.41) is 2.59. The molecule has 150 valence electrons. The number of hydrogen-bond donors (Lipinski definition) is 1. The van der Waals surface area contributed by atoms with E-state index in [0.29, 0.717) is 28.5 Å². The van der Waals surface area contributed by atoms with Crippen molar-refractivity contribution in [3.8, 4) is 17.2 Å². The van der Waals surface area contributed by atoms with Crippen LogP contribution in [0.1, 0.15) is 11.1 Å². The van der Waals surface area contributed by atoms with Gasteiger partial charge in [0.25, 0.3) is 11.8 Å². The van der Waals surface area contributed by atoms with E-state index in [9.17, 15) is 9.59 Å². The number of benzene rings is 2. The summed E-state index contributed by atoms with van der Waals surface area (Å²) in [6, 6.07) is 10.5. The predicted octanol–water partition coefficient (Wildman–Crippen LogP) is 2.85. The van der Waals surface area contributed by atoms with Crippen LogP contribution in [-0.2, 0) is 9.59 Å². The molecule has 1 aliphatic rings. The van der Waals surface area contributed by atoms with E-state index < -0.39 is 11.8 Å². The van der Waals surface area contributed by atoms with Crippen molar-refractivity contribution >= 4 is 40.9 Å². The molecule has 0 spiro atoms. The monoisotopic (exact) mass is 412 g/mol. The highest BCUT2D eigenvalue weighted by molar-refractivity contribution is 7.80. The maximum atomic E-state index is 13.1. The van der Waals surface area contributed by atoms with E-state index >= 15 is 0 Å². The molecule has 2 amide bonds. The zero-order chi connectivity index (χ0) is 21.1. The van der Waals surface area contributed by atoms with Crippen molar-refractivity contribution in [1.82, 2.24) is 5.32 Å². The Kier molecular flexibility index (Phi) is 5.84. The molecule has 1 aliphatic heterocycles. The summed E-state index contributed by atoms with van der Waals surface area (Å²) < 4.78 is 16.0. The van der Waals surface area contributed by atoms with E-state index in [-0.39, 0.29) is 10.7 Å². The minimum absolute atomic E-state index is 0.0280. The maximum Gasteiger partial charge on any atom is 0.270 e. The SMILES string of the molecule is COc1cc(OC)c(OC)cc1/C=C1\C(=O)NC(=S)N(c2ccc(C)cc2)C1=O. The van der Waals surface area contributed by atoms with E-state index in [1.54, 1.807) is 24.3 Å². The molecule has 8 heteroatoms. The highest BCUT2D eigenvalue weighted by Gasteiger charge is 2.34. The number of nitrogens with zero attached hydrogens (tertiary/aromatic N) is 1. The smallest absolute Gasteiger partial charge is 0.270 e. The Bertz CT molecular complexity index is 1010. The maximum absolute atomic E-state index is 13.1. The lowest BCUT2D eigenvalue weighted by atomic mass is 10.1. The first-order valence-electron chi connectivity index (χ1n) is 8.67. The van der Waals surface area contributed by atoms with Gasteiger partial charge in [-0.15, -0.1) is 0 Å². The average molecular weight is 412 g/mol. The molecule has 1 N–H and O–H groups in total. The molecule has 1 heterocycles. The van der Waals surface area contributed by atoms with Gasteiger partial charge in [-0.1, -0.05) is 17.7 Å². The molecule has 2 aromatic carbocycles. The van der Waals surface area contributed by atoms with Gasteiger partial charge in [0.1, 0.15) is 11.3 Å². The average Bonchev–Trinajstić information content (AvgIpc) is 2.71. The normalized spacial score (nSPS) is 15.4. The van der Waals surface area contributed by atoms with Gasteiger partial charge in [0, 0.05) is 11.6 Å². The first-order chi connectivity index (χ1) is 13.9. The molecular weight excluding hydrogens is 392 g/mol. The molecule has 2 aromatic rings. The molecule has 29 heavy (non-hydrogen) atoms. The standard InChI is InChI=1S/C21H20N2O5S/c1-12-5-7-14(8-6-12)23-20(25)15(19(24)22-21(23)29)9-13-10-17(27-3)18(28-4)11-16(13)26-2/h5-11H,1-4H3,(H,22,24,29)/b15-9+. The molecule has 7 nitrogen and oxygen atoms in total. The van der Waals surface area contributed by atoms with Crippen molar-refractivity contribution in [2.24, 2.45) is 0 Å². The van der Waals surface area contributed by atoms with E-state index in [4.69, 9.17) is 26.4 Å². The highest BCUT2D eigenvalue weighted by Crippen LogP contribution is 2.36. The molecule has 0 radical (unpaired) electrons. The summed E-state index contributed by atoms with van der Waals surface area (Å²) in [6.07, 6.45) is 1.45. The second kappa shape index (κ2) is 8.32. The number of carbonyl (C=O) groups is 2. The van der Waals surface area contributed by atoms with Gasteiger partial charge in [-0.25, -0.2) is 0 Å². The quantitative estimate of drug-likeness (QED) is 0.462. The van der Waals surface area contributed by atoms with E-state index in [2.05, 4.69) is 5.32 Å². The number of thiocarbonyl (C=S) groups is 1. The van der Waals surface area contributed by atoms with E-state index in [1.807, 2.05) is 19.1 Å². The molecule has 0 unspecified atom stereocenters.